The predicted molar refractivity (Wildman–Crippen MR) is 112 cm³/mol. The highest BCUT2D eigenvalue weighted by atomic mass is 35.5. The normalized spacial score (nSPS) is 17.0. The summed E-state index contributed by atoms with van der Waals surface area (Å²) in [6, 6.07) is 15.0. The Morgan fingerprint density at radius 3 is 2.59 bits per heavy atom. The van der Waals surface area contributed by atoms with Crippen molar-refractivity contribution in [2.75, 3.05) is 7.05 Å². The highest BCUT2D eigenvalue weighted by Gasteiger charge is 2.30. The molecule has 140 valence electrons. The molecule has 4 nitrogen and oxygen atoms in total. The number of hydrogen-bond donors (Lipinski definition) is 1. The second-order valence-electron chi connectivity index (χ2n) is 6.48. The first-order valence-corrected chi connectivity index (χ1v) is 9.38. The number of halogens is 1. The van der Waals surface area contributed by atoms with Crippen molar-refractivity contribution in [2.24, 2.45) is 0 Å². The van der Waals surface area contributed by atoms with E-state index in [-0.39, 0.29) is 11.8 Å². The van der Waals surface area contributed by atoms with Crippen LogP contribution in [0.25, 0.3) is 0 Å². The molecule has 27 heavy (non-hydrogen) atoms. The lowest BCUT2D eigenvalue weighted by molar-refractivity contribution is -0.114. The maximum atomic E-state index is 12.2. The number of hydrogen-bond acceptors (Lipinski definition) is 3. The van der Waals surface area contributed by atoms with E-state index < -0.39 is 0 Å². The van der Waals surface area contributed by atoms with E-state index in [0.717, 1.165) is 28.1 Å². The lowest BCUT2D eigenvalue weighted by atomic mass is 9.92. The monoisotopic (exact) mass is 400 g/mol. The van der Waals surface area contributed by atoms with Gasteiger partial charge in [-0.15, -0.1) is 0 Å². The molecule has 1 aliphatic heterocycles. The summed E-state index contributed by atoms with van der Waals surface area (Å²) < 4.78 is 5.83. The molecule has 1 N–H and O–H groups in total. The number of nitrogens with zero attached hydrogens (tertiary/aromatic N) is 1. The van der Waals surface area contributed by atoms with Crippen molar-refractivity contribution in [3.05, 3.63) is 76.0 Å². The zero-order chi connectivity index (χ0) is 19.6. The van der Waals surface area contributed by atoms with Crippen LogP contribution in [0.5, 0.6) is 5.75 Å². The van der Waals surface area contributed by atoms with Crippen LogP contribution in [0.4, 0.5) is 0 Å². The van der Waals surface area contributed by atoms with Gasteiger partial charge >= 0.3 is 0 Å². The van der Waals surface area contributed by atoms with Crippen molar-refractivity contribution in [1.82, 2.24) is 10.2 Å². The molecule has 0 fully saturated rings. The third-order valence-corrected chi connectivity index (χ3v) is 5.27. The van der Waals surface area contributed by atoms with E-state index in [4.69, 9.17) is 28.6 Å². The number of rotatable bonds is 5. The van der Waals surface area contributed by atoms with Crippen LogP contribution in [0.1, 0.15) is 31.0 Å². The molecule has 0 saturated heterocycles. The Hall–Kier alpha value is -2.37. The molecule has 0 spiro atoms. The molecule has 0 bridgehead atoms. The van der Waals surface area contributed by atoms with Crippen LogP contribution in [0, 0.1) is 0 Å². The van der Waals surface area contributed by atoms with Crippen LogP contribution >= 0.6 is 23.8 Å². The number of Topliss-reactive ketones (excluding diaryl/α,β-unsaturated/α-hetero) is 1. The third-order valence-electron chi connectivity index (χ3n) is 4.64. The van der Waals surface area contributed by atoms with Gasteiger partial charge in [0.25, 0.3) is 0 Å². The fourth-order valence-corrected chi connectivity index (χ4v) is 3.56. The molecule has 3 rings (SSSR count). The van der Waals surface area contributed by atoms with E-state index in [1.165, 1.54) is 0 Å². The summed E-state index contributed by atoms with van der Waals surface area (Å²) in [5.41, 5.74) is 3.56. The zero-order valence-electron chi connectivity index (χ0n) is 15.5. The van der Waals surface area contributed by atoms with Gasteiger partial charge in [-0.3, -0.25) is 4.79 Å². The number of carbonyl (C=O) groups is 1. The summed E-state index contributed by atoms with van der Waals surface area (Å²) in [5, 5.41) is 4.54. The Bertz CT molecular complexity index is 909. The lowest BCUT2D eigenvalue weighted by Crippen LogP contribution is -2.45. The molecule has 1 aliphatic rings. The Balaban J connectivity index is 1.78. The average Bonchev–Trinajstić information content (AvgIpc) is 2.64. The lowest BCUT2D eigenvalue weighted by Gasteiger charge is -2.35. The number of carbonyl (C=O) groups excluding carboxylic acids is 1. The maximum absolute atomic E-state index is 12.2. The molecule has 0 radical (unpaired) electrons. The van der Waals surface area contributed by atoms with Gasteiger partial charge < -0.3 is 15.0 Å². The molecule has 6 heteroatoms. The van der Waals surface area contributed by atoms with E-state index in [1.54, 1.807) is 6.92 Å². The second kappa shape index (κ2) is 8.11. The van der Waals surface area contributed by atoms with Crippen molar-refractivity contribution in [3.8, 4) is 5.75 Å². The molecule has 1 atom stereocenters. The van der Waals surface area contributed by atoms with Gasteiger partial charge in [0.2, 0.25) is 0 Å². The molecule has 0 aliphatic carbocycles. The summed E-state index contributed by atoms with van der Waals surface area (Å²) in [5.74, 6) is 0.778. The average molecular weight is 401 g/mol. The number of ketones is 1. The smallest absolute Gasteiger partial charge is 0.173 e. The van der Waals surface area contributed by atoms with Crippen LogP contribution < -0.4 is 10.1 Å². The van der Waals surface area contributed by atoms with Gasteiger partial charge in [0.15, 0.2) is 10.9 Å². The minimum absolute atomic E-state index is 0.0284. The van der Waals surface area contributed by atoms with Gasteiger partial charge in [0.1, 0.15) is 12.4 Å². The molecule has 0 amide bonds. The third kappa shape index (κ3) is 4.31. The Morgan fingerprint density at radius 1 is 1.26 bits per heavy atom. The highest BCUT2D eigenvalue weighted by molar-refractivity contribution is 7.80. The van der Waals surface area contributed by atoms with Crippen molar-refractivity contribution >= 4 is 34.7 Å². The van der Waals surface area contributed by atoms with Crippen molar-refractivity contribution < 1.29 is 9.53 Å². The van der Waals surface area contributed by atoms with E-state index in [0.29, 0.717) is 16.7 Å². The first-order chi connectivity index (χ1) is 12.9. The number of thiocarbonyl (C=S) groups is 1. The summed E-state index contributed by atoms with van der Waals surface area (Å²) in [6.45, 7) is 3.94. The van der Waals surface area contributed by atoms with Crippen LogP contribution in [0.3, 0.4) is 0 Å². The van der Waals surface area contributed by atoms with Crippen molar-refractivity contribution in [3.63, 3.8) is 0 Å². The van der Waals surface area contributed by atoms with Gasteiger partial charge in [-0.25, -0.2) is 0 Å². The van der Waals surface area contributed by atoms with E-state index in [1.807, 2.05) is 67.4 Å². The van der Waals surface area contributed by atoms with E-state index >= 15 is 0 Å². The minimum atomic E-state index is -0.256. The topological polar surface area (TPSA) is 41.6 Å². The predicted octanol–water partition coefficient (Wildman–Crippen LogP) is 4.64. The van der Waals surface area contributed by atoms with Crippen LogP contribution in [0.2, 0.25) is 5.02 Å². The molecular formula is C21H21ClN2O2S. The summed E-state index contributed by atoms with van der Waals surface area (Å²) in [6.07, 6.45) is 0. The van der Waals surface area contributed by atoms with Crippen molar-refractivity contribution in [2.45, 2.75) is 26.5 Å². The van der Waals surface area contributed by atoms with E-state index in [9.17, 15) is 4.79 Å². The summed E-state index contributed by atoms with van der Waals surface area (Å²) in [7, 11) is 1.86. The molecule has 1 heterocycles. The summed E-state index contributed by atoms with van der Waals surface area (Å²) in [4.78, 5) is 14.0. The minimum Gasteiger partial charge on any atom is -0.489 e. The quantitative estimate of drug-likeness (QED) is 0.740. The Morgan fingerprint density at radius 2 is 1.96 bits per heavy atom. The standard InChI is InChI=1S/C21H21ClN2O2S/c1-13-19(14(2)25)20(23-21(27)24(13)3)16-7-9-18(10-8-16)26-12-15-5-4-6-17(22)11-15/h4-11,20H,12H2,1-3H3,(H,23,27). The van der Waals surface area contributed by atoms with Gasteiger partial charge in [-0.1, -0.05) is 35.9 Å². The number of benzene rings is 2. The molecule has 2 aromatic carbocycles. The van der Waals surface area contributed by atoms with Crippen LogP contribution in [-0.4, -0.2) is 22.8 Å². The second-order valence-corrected chi connectivity index (χ2v) is 7.31. The van der Waals surface area contributed by atoms with Gasteiger partial charge in [-0.2, -0.15) is 0 Å². The highest BCUT2D eigenvalue weighted by Crippen LogP contribution is 2.31. The summed E-state index contributed by atoms with van der Waals surface area (Å²) >= 11 is 11.4. The van der Waals surface area contributed by atoms with E-state index in [2.05, 4.69) is 5.32 Å². The van der Waals surface area contributed by atoms with Gasteiger partial charge in [0.05, 0.1) is 6.04 Å². The number of allylic oxidation sites excluding steroid dienone is 1. The fraction of sp³-hybridized carbons (Fsp3) is 0.238. The first-order valence-electron chi connectivity index (χ1n) is 8.60. The molecule has 2 aromatic rings. The van der Waals surface area contributed by atoms with Gasteiger partial charge in [0, 0.05) is 23.3 Å². The van der Waals surface area contributed by atoms with Gasteiger partial charge in [-0.05, 0) is 61.5 Å². The van der Waals surface area contributed by atoms with Crippen molar-refractivity contribution in [1.29, 1.82) is 0 Å². The largest absolute Gasteiger partial charge is 0.489 e. The number of ether oxygens (including phenoxy) is 1. The van der Waals surface area contributed by atoms with Crippen LogP contribution in [-0.2, 0) is 11.4 Å². The molecule has 1 unspecified atom stereocenters. The number of nitrogens with one attached hydrogen (secondary N) is 1. The Kier molecular flexibility index (Phi) is 5.82. The fourth-order valence-electron chi connectivity index (χ4n) is 3.09. The molecular weight excluding hydrogens is 380 g/mol. The molecule has 0 aromatic heterocycles. The first kappa shape index (κ1) is 19.4. The Labute approximate surface area is 169 Å². The zero-order valence-corrected chi connectivity index (χ0v) is 17.0. The maximum Gasteiger partial charge on any atom is 0.173 e. The SMILES string of the molecule is CC(=O)C1=C(C)N(C)C(=S)NC1c1ccc(OCc2cccc(Cl)c2)cc1. The van der Waals surface area contributed by atoms with Crippen LogP contribution in [0.15, 0.2) is 59.8 Å². The molecule has 0 saturated carbocycles.